The Bertz CT molecular complexity index is 1460. The van der Waals surface area contributed by atoms with E-state index in [-0.39, 0.29) is 17.6 Å². The molecule has 0 saturated carbocycles. The minimum absolute atomic E-state index is 0.241. The summed E-state index contributed by atoms with van der Waals surface area (Å²) in [6, 6.07) is 15.0. The maximum absolute atomic E-state index is 13.5. The molecule has 4 aromatic rings. The molecule has 2 amide bonds. The van der Waals surface area contributed by atoms with E-state index >= 15 is 0 Å². The lowest BCUT2D eigenvalue weighted by molar-refractivity contribution is 0.0915. The first kappa shape index (κ1) is 25.0. The zero-order chi connectivity index (χ0) is 26.2. The van der Waals surface area contributed by atoms with E-state index in [1.165, 1.54) is 19.2 Å². The van der Waals surface area contributed by atoms with Crippen LogP contribution in [0.25, 0.3) is 33.4 Å². The molecule has 0 aliphatic carbocycles. The number of furan rings is 1. The number of methoxy groups -OCH3 is 1. The van der Waals surface area contributed by atoms with Crippen molar-refractivity contribution in [3.8, 4) is 28.2 Å². The van der Waals surface area contributed by atoms with Crippen molar-refractivity contribution in [3.05, 3.63) is 77.1 Å². The molecule has 0 aliphatic rings. The largest absolute Gasteiger partial charge is 0.496 e. The van der Waals surface area contributed by atoms with Crippen LogP contribution in [0.2, 0.25) is 0 Å². The molecular formula is C29H29FN2O4. The number of halogens is 1. The molecule has 186 valence electrons. The number of fused-ring (bicyclic) bond motifs is 1. The summed E-state index contributed by atoms with van der Waals surface area (Å²) < 4.78 is 25.0. The van der Waals surface area contributed by atoms with Crippen molar-refractivity contribution >= 4 is 22.8 Å². The molecule has 0 aliphatic heterocycles. The van der Waals surface area contributed by atoms with Crippen LogP contribution in [0.3, 0.4) is 0 Å². The fourth-order valence-electron chi connectivity index (χ4n) is 4.17. The molecule has 0 radical (unpaired) electrons. The normalized spacial score (nSPS) is 11.4. The van der Waals surface area contributed by atoms with Gasteiger partial charge in [0.05, 0.1) is 18.2 Å². The molecule has 1 heterocycles. The van der Waals surface area contributed by atoms with E-state index < -0.39 is 5.54 Å². The van der Waals surface area contributed by atoms with Crippen LogP contribution in [0, 0.1) is 12.7 Å². The number of nitrogens with one attached hydrogen (secondary N) is 2. The van der Waals surface area contributed by atoms with Crippen LogP contribution in [0.15, 0.2) is 59.0 Å². The zero-order valence-corrected chi connectivity index (χ0v) is 21.2. The minimum atomic E-state index is -0.415. The second-order valence-electron chi connectivity index (χ2n) is 9.67. The predicted molar refractivity (Wildman–Crippen MR) is 139 cm³/mol. The summed E-state index contributed by atoms with van der Waals surface area (Å²) in [5, 5.41) is 6.26. The first-order chi connectivity index (χ1) is 17.0. The van der Waals surface area contributed by atoms with Gasteiger partial charge in [0, 0.05) is 23.5 Å². The minimum Gasteiger partial charge on any atom is -0.496 e. The lowest BCUT2D eigenvalue weighted by Gasteiger charge is -2.22. The van der Waals surface area contributed by atoms with Crippen molar-refractivity contribution in [2.45, 2.75) is 33.2 Å². The van der Waals surface area contributed by atoms with Gasteiger partial charge in [-0.2, -0.15) is 0 Å². The number of carbonyl (C=O) groups is 2. The van der Waals surface area contributed by atoms with E-state index in [0.717, 1.165) is 16.7 Å². The molecule has 4 rings (SSSR count). The average molecular weight is 489 g/mol. The summed E-state index contributed by atoms with van der Waals surface area (Å²) >= 11 is 0. The Morgan fingerprint density at radius 3 is 2.22 bits per heavy atom. The highest BCUT2D eigenvalue weighted by molar-refractivity contribution is 6.12. The van der Waals surface area contributed by atoms with Gasteiger partial charge in [-0.1, -0.05) is 6.07 Å². The summed E-state index contributed by atoms with van der Waals surface area (Å²) in [6.07, 6.45) is 0. The predicted octanol–water partition coefficient (Wildman–Crippen LogP) is 6.11. The quantitative estimate of drug-likeness (QED) is 0.355. The Balaban J connectivity index is 1.90. The van der Waals surface area contributed by atoms with Crippen molar-refractivity contribution in [1.82, 2.24) is 10.6 Å². The number of amides is 2. The maximum atomic E-state index is 13.5. The molecule has 0 bridgehead atoms. The van der Waals surface area contributed by atoms with Crippen LogP contribution in [0.1, 0.15) is 47.1 Å². The molecule has 0 spiro atoms. The maximum Gasteiger partial charge on any atom is 0.255 e. The van der Waals surface area contributed by atoms with Gasteiger partial charge in [-0.25, -0.2) is 4.39 Å². The molecule has 0 unspecified atom stereocenters. The highest BCUT2D eigenvalue weighted by Gasteiger charge is 2.24. The topological polar surface area (TPSA) is 80.6 Å². The van der Waals surface area contributed by atoms with E-state index in [1.807, 2.05) is 45.9 Å². The number of carbonyl (C=O) groups excluding carboxylic acids is 2. The second-order valence-corrected chi connectivity index (χ2v) is 9.67. The van der Waals surface area contributed by atoms with Crippen LogP contribution in [0.5, 0.6) is 5.75 Å². The van der Waals surface area contributed by atoms with E-state index in [9.17, 15) is 14.0 Å². The van der Waals surface area contributed by atoms with E-state index in [0.29, 0.717) is 39.2 Å². The number of rotatable bonds is 5. The Kier molecular flexibility index (Phi) is 6.59. The molecule has 2 N–H and O–H groups in total. The van der Waals surface area contributed by atoms with Gasteiger partial charge in [-0.05, 0) is 92.9 Å². The van der Waals surface area contributed by atoms with E-state index in [1.54, 1.807) is 31.3 Å². The van der Waals surface area contributed by atoms with Crippen molar-refractivity contribution in [1.29, 1.82) is 0 Å². The summed E-state index contributed by atoms with van der Waals surface area (Å²) in [5.41, 5.74) is 4.01. The molecule has 6 nitrogen and oxygen atoms in total. The third-order valence-electron chi connectivity index (χ3n) is 5.84. The van der Waals surface area contributed by atoms with Gasteiger partial charge in [-0.3, -0.25) is 9.59 Å². The number of hydrogen-bond donors (Lipinski definition) is 2. The fourth-order valence-corrected chi connectivity index (χ4v) is 4.17. The van der Waals surface area contributed by atoms with Gasteiger partial charge in [-0.15, -0.1) is 0 Å². The molecule has 7 heteroatoms. The Morgan fingerprint density at radius 1 is 0.944 bits per heavy atom. The summed E-state index contributed by atoms with van der Waals surface area (Å²) in [7, 11) is 3.08. The van der Waals surface area contributed by atoms with Crippen molar-refractivity contribution in [2.24, 2.45) is 0 Å². The van der Waals surface area contributed by atoms with Crippen LogP contribution in [0.4, 0.5) is 4.39 Å². The van der Waals surface area contributed by atoms with Gasteiger partial charge in [0.2, 0.25) is 0 Å². The van der Waals surface area contributed by atoms with Crippen LogP contribution >= 0.6 is 0 Å². The van der Waals surface area contributed by atoms with Crippen LogP contribution < -0.4 is 15.4 Å². The molecular weight excluding hydrogens is 459 g/mol. The molecule has 1 aromatic heterocycles. The third-order valence-corrected chi connectivity index (χ3v) is 5.84. The Labute approximate surface area is 209 Å². The number of aryl methyl sites for hydroxylation is 1. The third kappa shape index (κ3) is 4.82. The van der Waals surface area contributed by atoms with Gasteiger partial charge in [0.15, 0.2) is 0 Å². The molecule has 0 atom stereocenters. The summed E-state index contributed by atoms with van der Waals surface area (Å²) in [5.74, 6) is -0.0956. The van der Waals surface area contributed by atoms with Gasteiger partial charge >= 0.3 is 0 Å². The highest BCUT2D eigenvalue weighted by Crippen LogP contribution is 2.38. The van der Waals surface area contributed by atoms with Crippen molar-refractivity contribution < 1.29 is 23.1 Å². The van der Waals surface area contributed by atoms with Gasteiger partial charge < -0.3 is 19.8 Å². The number of benzene rings is 3. The first-order valence-corrected chi connectivity index (χ1v) is 11.6. The lowest BCUT2D eigenvalue weighted by atomic mass is 9.94. The zero-order valence-electron chi connectivity index (χ0n) is 21.2. The monoisotopic (exact) mass is 488 g/mol. The van der Waals surface area contributed by atoms with Gasteiger partial charge in [0.1, 0.15) is 22.9 Å². The SMILES string of the molecule is CNC(=O)c1c(-c2ccc(F)cc2)oc2ccc(-c3cc(C(=O)NC(C)(C)C)c(OC)cc3C)cc12. The van der Waals surface area contributed by atoms with Crippen molar-refractivity contribution in [2.75, 3.05) is 14.2 Å². The van der Waals surface area contributed by atoms with E-state index in [4.69, 9.17) is 9.15 Å². The van der Waals surface area contributed by atoms with Crippen LogP contribution in [-0.4, -0.2) is 31.5 Å². The lowest BCUT2D eigenvalue weighted by Crippen LogP contribution is -2.40. The number of hydrogen-bond acceptors (Lipinski definition) is 4. The summed E-state index contributed by atoms with van der Waals surface area (Å²) in [6.45, 7) is 7.68. The highest BCUT2D eigenvalue weighted by atomic mass is 19.1. The molecule has 0 saturated heterocycles. The summed E-state index contributed by atoms with van der Waals surface area (Å²) in [4.78, 5) is 25.9. The molecule has 3 aromatic carbocycles. The molecule has 36 heavy (non-hydrogen) atoms. The van der Waals surface area contributed by atoms with E-state index in [2.05, 4.69) is 10.6 Å². The second kappa shape index (κ2) is 9.49. The Hall–Kier alpha value is -4.13. The van der Waals surface area contributed by atoms with Crippen molar-refractivity contribution in [3.63, 3.8) is 0 Å². The average Bonchev–Trinajstić information content (AvgIpc) is 3.21. The Morgan fingerprint density at radius 2 is 1.61 bits per heavy atom. The first-order valence-electron chi connectivity index (χ1n) is 11.6. The van der Waals surface area contributed by atoms with Gasteiger partial charge in [0.25, 0.3) is 11.8 Å². The smallest absolute Gasteiger partial charge is 0.255 e. The molecule has 0 fully saturated rings. The van der Waals surface area contributed by atoms with Crippen LogP contribution in [-0.2, 0) is 0 Å². The number of ether oxygens (including phenoxy) is 1. The fraction of sp³-hybridized carbons (Fsp3) is 0.241. The standard InChI is InChI=1S/C29H29FN2O4/c1-16-13-24(35-6)22(27(33)32-29(2,3)4)15-20(16)18-9-12-23-21(14-18)25(28(34)31-5)26(36-23)17-7-10-19(30)11-8-17/h7-15H,1-6H3,(H,31,34)(H,32,33).